The fraction of sp³-hybridized carbons (Fsp3) is 0.379. The number of hydrogen-bond donors (Lipinski definition) is 3. The predicted octanol–water partition coefficient (Wildman–Crippen LogP) is 3.96. The monoisotopic (exact) mass is 469 g/mol. The first-order chi connectivity index (χ1) is 17.0. The fourth-order valence-electron chi connectivity index (χ4n) is 4.63. The summed E-state index contributed by atoms with van der Waals surface area (Å²) in [6.45, 7) is 1.48. The van der Waals surface area contributed by atoms with E-state index in [0.29, 0.717) is 17.8 Å². The first-order valence-corrected chi connectivity index (χ1v) is 12.4. The summed E-state index contributed by atoms with van der Waals surface area (Å²) in [5.74, 6) is 7.57. The summed E-state index contributed by atoms with van der Waals surface area (Å²) in [4.78, 5) is 16.3. The molecule has 2 atom stereocenters. The highest BCUT2D eigenvalue weighted by molar-refractivity contribution is 5.80. The number of rotatable bonds is 7. The van der Waals surface area contributed by atoms with E-state index >= 15 is 0 Å². The predicted molar refractivity (Wildman–Crippen MR) is 134 cm³/mol. The zero-order chi connectivity index (χ0) is 24.4. The van der Waals surface area contributed by atoms with Crippen molar-refractivity contribution in [2.24, 2.45) is 5.92 Å². The summed E-state index contributed by atoms with van der Waals surface area (Å²) in [6.07, 6.45) is 6.74. The molecule has 0 radical (unpaired) electrons. The van der Waals surface area contributed by atoms with Crippen LogP contribution >= 0.6 is 0 Å². The van der Waals surface area contributed by atoms with Gasteiger partial charge in [-0.05, 0) is 67.3 Å². The summed E-state index contributed by atoms with van der Waals surface area (Å²) in [5.41, 5.74) is 4.41. The summed E-state index contributed by atoms with van der Waals surface area (Å²) >= 11 is 0. The van der Waals surface area contributed by atoms with Gasteiger partial charge in [-0.2, -0.15) is 0 Å². The van der Waals surface area contributed by atoms with Crippen molar-refractivity contribution < 1.29 is 15.0 Å². The molecule has 2 aliphatic carbocycles. The van der Waals surface area contributed by atoms with Crippen LogP contribution in [-0.2, 0) is 4.79 Å². The lowest BCUT2D eigenvalue weighted by Crippen LogP contribution is -2.38. The van der Waals surface area contributed by atoms with Crippen molar-refractivity contribution in [2.45, 2.75) is 56.7 Å². The van der Waals surface area contributed by atoms with E-state index in [9.17, 15) is 15.0 Å². The van der Waals surface area contributed by atoms with Crippen LogP contribution < -0.4 is 5.32 Å². The van der Waals surface area contributed by atoms with Crippen LogP contribution in [0.1, 0.15) is 67.6 Å². The first kappa shape index (κ1) is 23.3. The lowest BCUT2D eigenvalue weighted by atomic mass is 9.71. The molecule has 2 fully saturated rings. The zero-order valence-corrected chi connectivity index (χ0v) is 19.9. The molecule has 5 rings (SSSR count). The Hall–Kier alpha value is -3.40. The maximum atomic E-state index is 12.2. The number of carbonyl (C=O) groups is 1. The van der Waals surface area contributed by atoms with Crippen molar-refractivity contribution >= 4 is 5.91 Å². The summed E-state index contributed by atoms with van der Waals surface area (Å²) in [5, 5.41) is 22.8. The minimum Gasteiger partial charge on any atom is -0.393 e. The maximum absolute atomic E-state index is 12.2. The average Bonchev–Trinajstić information content (AvgIpc) is 3.51. The minimum atomic E-state index is -0.732. The molecule has 6 nitrogen and oxygen atoms in total. The fourth-order valence-corrected chi connectivity index (χ4v) is 4.63. The number of nitrogens with zero attached hydrogens (tertiary/aromatic N) is 2. The molecule has 0 aliphatic heterocycles. The van der Waals surface area contributed by atoms with E-state index in [2.05, 4.69) is 46.4 Å². The van der Waals surface area contributed by atoms with Gasteiger partial charge in [-0.3, -0.25) is 4.79 Å². The van der Waals surface area contributed by atoms with E-state index in [1.54, 1.807) is 23.9 Å². The van der Waals surface area contributed by atoms with E-state index in [0.717, 1.165) is 42.4 Å². The van der Waals surface area contributed by atoms with Crippen molar-refractivity contribution in [1.82, 2.24) is 14.9 Å². The second-order valence-corrected chi connectivity index (χ2v) is 9.68. The van der Waals surface area contributed by atoms with E-state index in [1.165, 1.54) is 5.56 Å². The highest BCUT2D eigenvalue weighted by atomic mass is 16.3. The second-order valence-electron chi connectivity index (χ2n) is 9.68. The van der Waals surface area contributed by atoms with Crippen LogP contribution in [-0.4, -0.2) is 38.3 Å². The number of aliphatic hydroxyl groups is 2. The molecule has 1 heterocycles. The number of amides is 1. The molecule has 2 aliphatic rings. The molecule has 180 valence electrons. The number of carbonyl (C=O) groups excluding carboxylic acids is 1. The van der Waals surface area contributed by atoms with Gasteiger partial charge in [0, 0.05) is 29.9 Å². The van der Waals surface area contributed by atoms with Gasteiger partial charge in [0.1, 0.15) is 18.0 Å². The molecule has 35 heavy (non-hydrogen) atoms. The molecule has 1 aromatic heterocycles. The molecule has 6 heteroatoms. The van der Waals surface area contributed by atoms with Gasteiger partial charge in [0.05, 0.1) is 6.61 Å². The van der Waals surface area contributed by atoms with E-state index in [1.807, 2.05) is 24.3 Å². The Morgan fingerprint density at radius 1 is 1.11 bits per heavy atom. The van der Waals surface area contributed by atoms with Crippen molar-refractivity contribution in [3.05, 3.63) is 77.9 Å². The molecule has 2 aromatic carbocycles. The second kappa shape index (κ2) is 10.1. The number of hydrogen-bond acceptors (Lipinski definition) is 4. The van der Waals surface area contributed by atoms with E-state index in [4.69, 9.17) is 0 Å². The molecular weight excluding hydrogens is 438 g/mol. The molecule has 0 unspecified atom stereocenters. The van der Waals surface area contributed by atoms with Crippen LogP contribution in [0.3, 0.4) is 0 Å². The molecule has 1 amide bonds. The topological polar surface area (TPSA) is 87.4 Å². The van der Waals surface area contributed by atoms with Crippen LogP contribution in [0.25, 0.3) is 11.1 Å². The lowest BCUT2D eigenvalue weighted by molar-refractivity contribution is -0.128. The van der Waals surface area contributed by atoms with Crippen molar-refractivity contribution in [2.75, 3.05) is 6.61 Å². The van der Waals surface area contributed by atoms with E-state index in [-0.39, 0.29) is 18.4 Å². The Morgan fingerprint density at radius 3 is 2.37 bits per heavy atom. The Bertz CT molecular complexity index is 1220. The van der Waals surface area contributed by atoms with Gasteiger partial charge in [-0.15, -0.1) is 0 Å². The van der Waals surface area contributed by atoms with Crippen LogP contribution in [0.2, 0.25) is 0 Å². The highest BCUT2D eigenvalue weighted by Gasteiger charge is 2.37. The smallest absolute Gasteiger partial charge is 0.223 e. The minimum absolute atomic E-state index is 0.166. The first-order valence-electron chi connectivity index (χ1n) is 12.4. The summed E-state index contributed by atoms with van der Waals surface area (Å²) in [7, 11) is 0. The van der Waals surface area contributed by atoms with Gasteiger partial charge >= 0.3 is 0 Å². The molecule has 3 aromatic rings. The summed E-state index contributed by atoms with van der Waals surface area (Å²) < 4.78 is 1.71. The number of aliphatic hydroxyl groups excluding tert-OH is 2. The van der Waals surface area contributed by atoms with Gasteiger partial charge in [0.25, 0.3) is 0 Å². The third-order valence-electron chi connectivity index (χ3n) is 7.00. The van der Waals surface area contributed by atoms with E-state index < -0.39 is 12.1 Å². The van der Waals surface area contributed by atoms with Crippen LogP contribution in [0.5, 0.6) is 0 Å². The van der Waals surface area contributed by atoms with Crippen LogP contribution in [0, 0.1) is 17.8 Å². The van der Waals surface area contributed by atoms with Crippen molar-refractivity contribution in [1.29, 1.82) is 0 Å². The molecule has 2 saturated carbocycles. The van der Waals surface area contributed by atoms with Gasteiger partial charge in [-0.25, -0.2) is 4.98 Å². The number of aromatic nitrogens is 2. The quantitative estimate of drug-likeness (QED) is 0.457. The van der Waals surface area contributed by atoms with Crippen molar-refractivity contribution in [3.8, 4) is 23.0 Å². The third-order valence-corrected chi connectivity index (χ3v) is 7.00. The maximum Gasteiger partial charge on any atom is 0.223 e. The SMILES string of the molecule is C[C@H](O)c1nccn1[C@@H](C#Cc1ccc(-c2ccc(C3CC(C(=O)NC4CC4)C3)cc2)cc1)CO. The summed E-state index contributed by atoms with van der Waals surface area (Å²) in [6, 6.07) is 16.7. The Balaban J connectivity index is 1.20. The number of nitrogens with one attached hydrogen (secondary N) is 1. The third kappa shape index (κ3) is 5.32. The average molecular weight is 470 g/mol. The Kier molecular flexibility index (Phi) is 6.72. The normalized spacial score (nSPS) is 20.8. The van der Waals surface area contributed by atoms with Crippen molar-refractivity contribution in [3.63, 3.8) is 0 Å². The Morgan fingerprint density at radius 2 is 1.77 bits per heavy atom. The van der Waals surface area contributed by atoms with Gasteiger partial charge in [-0.1, -0.05) is 48.2 Å². The molecule has 0 bridgehead atoms. The number of benzene rings is 2. The standard InChI is InChI=1S/C29H31N3O3/c1-19(34)28-30-14-15-32(28)27(18-33)13-4-20-2-5-21(6-3-20)22-7-9-23(10-8-22)24-16-25(17-24)29(35)31-26-11-12-26/h2-3,5-10,14-15,19,24-27,33-34H,11-12,16-18H2,1H3,(H,31,35)/t19-,24?,25?,27-/m0/s1. The Labute approximate surface area is 206 Å². The zero-order valence-electron chi connectivity index (χ0n) is 19.9. The van der Waals surface area contributed by atoms with Crippen LogP contribution in [0.4, 0.5) is 0 Å². The van der Waals surface area contributed by atoms with Gasteiger partial charge in [0.2, 0.25) is 5.91 Å². The number of imidazole rings is 1. The molecule has 0 saturated heterocycles. The highest BCUT2D eigenvalue weighted by Crippen LogP contribution is 2.42. The largest absolute Gasteiger partial charge is 0.393 e. The molecule has 3 N–H and O–H groups in total. The molecular formula is C29H31N3O3. The lowest BCUT2D eigenvalue weighted by Gasteiger charge is -2.34. The molecule has 0 spiro atoms. The van der Waals surface area contributed by atoms with Gasteiger partial charge < -0.3 is 20.1 Å². The van der Waals surface area contributed by atoms with Gasteiger partial charge in [0.15, 0.2) is 0 Å². The van der Waals surface area contributed by atoms with Crippen LogP contribution in [0.15, 0.2) is 60.9 Å².